The number of rotatable bonds is 4. The van der Waals surface area contributed by atoms with Crippen molar-refractivity contribution in [2.45, 2.75) is 58.3 Å². The zero-order valence-electron chi connectivity index (χ0n) is 21.2. The molecule has 0 bridgehead atoms. The van der Waals surface area contributed by atoms with E-state index in [9.17, 15) is 4.39 Å². The first-order chi connectivity index (χ1) is 16.7. The van der Waals surface area contributed by atoms with Crippen LogP contribution in [0.25, 0.3) is 11.2 Å². The second-order valence-electron chi connectivity index (χ2n) is 10.7. The molecule has 4 heterocycles. The Hall–Kier alpha value is -3.35. The van der Waals surface area contributed by atoms with E-state index < -0.39 is 5.95 Å². The highest BCUT2D eigenvalue weighted by Crippen LogP contribution is 2.31. The van der Waals surface area contributed by atoms with Crippen LogP contribution in [0.4, 0.5) is 10.3 Å². The average molecular weight is 473 g/mol. The van der Waals surface area contributed by atoms with Crippen molar-refractivity contribution >= 4 is 17.1 Å². The molecule has 0 aliphatic carbocycles. The Labute approximate surface area is 206 Å². The van der Waals surface area contributed by atoms with E-state index in [4.69, 9.17) is 9.97 Å². The summed E-state index contributed by atoms with van der Waals surface area (Å²) < 4.78 is 15.2. The molecule has 182 valence electrons. The van der Waals surface area contributed by atoms with Gasteiger partial charge in [0.05, 0.1) is 12.0 Å². The smallest absolute Gasteiger partial charge is 0.227 e. The van der Waals surface area contributed by atoms with E-state index in [1.54, 1.807) is 6.20 Å². The van der Waals surface area contributed by atoms with Gasteiger partial charge >= 0.3 is 0 Å². The van der Waals surface area contributed by atoms with Crippen LogP contribution in [0.3, 0.4) is 0 Å². The van der Waals surface area contributed by atoms with Crippen molar-refractivity contribution in [2.24, 2.45) is 7.05 Å². The number of hydrogen-bond donors (Lipinski definition) is 0. The molecule has 1 aliphatic rings. The van der Waals surface area contributed by atoms with Crippen molar-refractivity contribution in [3.63, 3.8) is 0 Å². The lowest BCUT2D eigenvalue weighted by Gasteiger charge is -2.32. The topological polar surface area (TPSA) is 59.7 Å². The summed E-state index contributed by atoms with van der Waals surface area (Å²) in [4.78, 5) is 20.6. The minimum Gasteiger partial charge on any atom is -0.341 e. The first-order valence-electron chi connectivity index (χ1n) is 12.3. The molecule has 0 N–H and O–H groups in total. The number of benzene rings is 1. The largest absolute Gasteiger partial charge is 0.341 e. The van der Waals surface area contributed by atoms with Gasteiger partial charge in [-0.05, 0) is 59.4 Å². The molecular weight excluding hydrogens is 439 g/mol. The normalized spacial score (nSPS) is 15.2. The molecule has 1 saturated heterocycles. The van der Waals surface area contributed by atoms with E-state index in [1.807, 2.05) is 24.0 Å². The van der Waals surface area contributed by atoms with Gasteiger partial charge in [0.2, 0.25) is 11.9 Å². The van der Waals surface area contributed by atoms with Crippen LogP contribution >= 0.6 is 0 Å². The van der Waals surface area contributed by atoms with Crippen LogP contribution in [0.15, 0.2) is 42.9 Å². The number of nitrogens with zero attached hydrogens (tertiary/aromatic N) is 6. The predicted molar refractivity (Wildman–Crippen MR) is 137 cm³/mol. The number of piperidine rings is 1. The molecule has 4 aromatic rings. The summed E-state index contributed by atoms with van der Waals surface area (Å²) in [5, 5.41) is 0. The van der Waals surface area contributed by atoms with Gasteiger partial charge in [-0.15, -0.1) is 0 Å². The number of anilines is 1. The van der Waals surface area contributed by atoms with Gasteiger partial charge in [0.1, 0.15) is 5.52 Å². The van der Waals surface area contributed by atoms with Crippen LogP contribution in [0, 0.1) is 12.9 Å². The fourth-order valence-corrected chi connectivity index (χ4v) is 4.94. The van der Waals surface area contributed by atoms with Gasteiger partial charge in [-0.25, -0.2) is 15.0 Å². The van der Waals surface area contributed by atoms with Gasteiger partial charge in [0.15, 0.2) is 5.65 Å². The molecule has 0 amide bonds. The molecule has 1 aromatic carbocycles. The van der Waals surface area contributed by atoms with Crippen molar-refractivity contribution in [1.29, 1.82) is 0 Å². The van der Waals surface area contributed by atoms with Crippen LogP contribution in [-0.2, 0) is 18.9 Å². The highest BCUT2D eigenvalue weighted by molar-refractivity contribution is 5.75. The Morgan fingerprint density at radius 2 is 1.80 bits per heavy atom. The molecular formula is C28H33FN6. The lowest BCUT2D eigenvalue weighted by molar-refractivity contribution is 0.495. The number of aryl methyl sites for hydroxylation is 2. The van der Waals surface area contributed by atoms with Gasteiger partial charge in [-0.3, -0.25) is 0 Å². The third kappa shape index (κ3) is 4.77. The molecule has 0 unspecified atom stereocenters. The second kappa shape index (κ2) is 9.02. The maximum Gasteiger partial charge on any atom is 0.227 e. The van der Waals surface area contributed by atoms with Gasteiger partial charge in [0.25, 0.3) is 0 Å². The molecule has 0 radical (unpaired) electrons. The molecule has 6 nitrogen and oxygen atoms in total. The lowest BCUT2D eigenvalue weighted by atomic mass is 9.84. The van der Waals surface area contributed by atoms with Gasteiger partial charge in [0, 0.05) is 32.8 Å². The molecule has 5 rings (SSSR count). The zero-order valence-corrected chi connectivity index (χ0v) is 21.2. The second-order valence-corrected chi connectivity index (χ2v) is 10.7. The highest BCUT2D eigenvalue weighted by atomic mass is 19.1. The number of aromatic nitrogens is 5. The third-order valence-corrected chi connectivity index (χ3v) is 7.20. The van der Waals surface area contributed by atoms with Gasteiger partial charge in [-0.1, -0.05) is 45.0 Å². The van der Waals surface area contributed by atoms with E-state index in [1.165, 1.54) is 22.8 Å². The van der Waals surface area contributed by atoms with Crippen molar-refractivity contribution < 1.29 is 4.39 Å². The van der Waals surface area contributed by atoms with Gasteiger partial charge in [-0.2, -0.15) is 9.37 Å². The summed E-state index contributed by atoms with van der Waals surface area (Å²) in [6, 6.07) is 10.1. The zero-order chi connectivity index (χ0) is 24.7. The average Bonchev–Trinajstić information content (AvgIpc) is 3.21. The molecule has 0 saturated carbocycles. The number of imidazole rings is 1. The fraction of sp³-hybridized carbons (Fsp3) is 0.429. The van der Waals surface area contributed by atoms with Crippen molar-refractivity contribution in [3.05, 3.63) is 76.8 Å². The number of fused-ring (bicyclic) bond motifs is 1. The third-order valence-electron chi connectivity index (χ3n) is 7.20. The first-order valence-corrected chi connectivity index (χ1v) is 12.3. The summed E-state index contributed by atoms with van der Waals surface area (Å²) in [5.74, 6) is 0.686. The van der Waals surface area contributed by atoms with Crippen LogP contribution < -0.4 is 4.90 Å². The summed E-state index contributed by atoms with van der Waals surface area (Å²) in [6.45, 7) is 10.6. The maximum atomic E-state index is 13.2. The molecule has 7 heteroatoms. The summed E-state index contributed by atoms with van der Waals surface area (Å²) in [5.41, 5.74) is 7.79. The van der Waals surface area contributed by atoms with Crippen LogP contribution in [0.2, 0.25) is 0 Å². The van der Waals surface area contributed by atoms with E-state index in [0.29, 0.717) is 5.92 Å². The molecule has 3 aromatic heterocycles. The number of pyridine rings is 1. The highest BCUT2D eigenvalue weighted by Gasteiger charge is 2.25. The van der Waals surface area contributed by atoms with Crippen LogP contribution in [-0.4, -0.2) is 37.6 Å². The quantitative estimate of drug-likeness (QED) is 0.368. The Morgan fingerprint density at radius 3 is 2.49 bits per heavy atom. The fourth-order valence-electron chi connectivity index (χ4n) is 4.94. The molecule has 1 aliphatic heterocycles. The SMILES string of the molecule is Cc1ccc(C(C)(C)C)cc1Cc1nc(N2CCC(c3ccc(F)nc3)CC2)nc2ncn(C)c12. The summed E-state index contributed by atoms with van der Waals surface area (Å²) in [7, 11) is 2.00. The molecule has 1 fully saturated rings. The molecule has 35 heavy (non-hydrogen) atoms. The Balaban J connectivity index is 1.44. The molecule has 0 spiro atoms. The van der Waals surface area contributed by atoms with E-state index in [2.05, 4.69) is 60.8 Å². The van der Waals surface area contributed by atoms with Crippen molar-refractivity contribution in [3.8, 4) is 0 Å². The Kier molecular flexibility index (Phi) is 6.03. The van der Waals surface area contributed by atoms with Crippen LogP contribution in [0.1, 0.15) is 67.5 Å². The number of halogens is 1. The first kappa shape index (κ1) is 23.4. The minimum atomic E-state index is -0.431. The summed E-state index contributed by atoms with van der Waals surface area (Å²) >= 11 is 0. The lowest BCUT2D eigenvalue weighted by Crippen LogP contribution is -2.34. The monoisotopic (exact) mass is 472 g/mol. The summed E-state index contributed by atoms with van der Waals surface area (Å²) in [6.07, 6.45) is 6.13. The Morgan fingerprint density at radius 1 is 1.03 bits per heavy atom. The van der Waals surface area contributed by atoms with Crippen LogP contribution in [0.5, 0.6) is 0 Å². The standard InChI is InChI=1S/C28H33FN6/c1-18-6-8-22(28(2,3)4)14-21(18)15-23-25-26(31-17-34(25)5)33-27(32-23)35-12-10-19(11-13-35)20-7-9-24(29)30-16-20/h6-9,14,16-17,19H,10-13,15H2,1-5H3. The molecule has 0 atom stereocenters. The van der Waals surface area contributed by atoms with E-state index in [0.717, 1.165) is 60.7 Å². The minimum absolute atomic E-state index is 0.0888. The number of hydrogen-bond acceptors (Lipinski definition) is 5. The maximum absolute atomic E-state index is 13.2. The van der Waals surface area contributed by atoms with Crippen molar-refractivity contribution in [1.82, 2.24) is 24.5 Å². The van der Waals surface area contributed by atoms with Crippen molar-refractivity contribution in [2.75, 3.05) is 18.0 Å². The Bertz CT molecular complexity index is 1340. The van der Waals surface area contributed by atoms with E-state index >= 15 is 0 Å². The van der Waals surface area contributed by atoms with Gasteiger partial charge < -0.3 is 9.47 Å². The predicted octanol–water partition coefficient (Wildman–Crippen LogP) is 5.48. The van der Waals surface area contributed by atoms with E-state index in [-0.39, 0.29) is 5.41 Å².